The summed E-state index contributed by atoms with van der Waals surface area (Å²) in [6, 6.07) is 7.24. The summed E-state index contributed by atoms with van der Waals surface area (Å²) < 4.78 is 0. The number of aromatic nitrogens is 1. The van der Waals surface area contributed by atoms with Crippen LogP contribution in [-0.4, -0.2) is 10.8 Å². The van der Waals surface area contributed by atoms with Gasteiger partial charge in [-0.05, 0) is 17.7 Å². The second kappa shape index (κ2) is 5.40. The van der Waals surface area contributed by atoms with E-state index in [0.717, 1.165) is 10.6 Å². The summed E-state index contributed by atoms with van der Waals surface area (Å²) in [5.74, 6) is 0.00303. The maximum absolute atomic E-state index is 11.9. The van der Waals surface area contributed by atoms with E-state index >= 15 is 0 Å². The highest BCUT2D eigenvalue weighted by atomic mass is 35.5. The van der Waals surface area contributed by atoms with Crippen LogP contribution in [0.4, 0.5) is 0 Å². The summed E-state index contributed by atoms with van der Waals surface area (Å²) in [5.41, 5.74) is 6.88. The largest absolute Gasteiger partial charge is 0.325 e. The first-order valence-electron chi connectivity index (χ1n) is 5.11. The minimum absolute atomic E-state index is 0.00303. The van der Waals surface area contributed by atoms with Crippen LogP contribution < -0.4 is 5.73 Å². The minimum atomic E-state index is 0.00303. The molecule has 1 heterocycles. The number of carbonyl (C=O) groups is 1. The third kappa shape index (κ3) is 3.12. The lowest BCUT2D eigenvalue weighted by molar-refractivity contribution is 0.0988. The molecule has 2 N–H and O–H groups in total. The highest BCUT2D eigenvalue weighted by Gasteiger charge is 2.10. The number of nitrogens with zero attached hydrogens (tertiary/aromatic N) is 1. The fourth-order valence-electron chi connectivity index (χ4n) is 1.41. The highest BCUT2D eigenvalue weighted by Crippen LogP contribution is 2.14. The van der Waals surface area contributed by atoms with E-state index in [1.807, 2.05) is 12.1 Å². The van der Waals surface area contributed by atoms with Crippen molar-refractivity contribution < 1.29 is 4.79 Å². The van der Waals surface area contributed by atoms with E-state index in [-0.39, 0.29) is 5.78 Å². The van der Waals surface area contributed by atoms with Crippen molar-refractivity contribution in [1.29, 1.82) is 0 Å². The first kappa shape index (κ1) is 12.2. The fourth-order valence-corrected chi connectivity index (χ4v) is 2.22. The molecule has 1 aromatic heterocycles. The molecule has 0 bridgehead atoms. The number of nitrogens with two attached hydrogens (primary N) is 1. The van der Waals surface area contributed by atoms with Crippen LogP contribution in [0.25, 0.3) is 0 Å². The zero-order valence-electron chi connectivity index (χ0n) is 9.02. The van der Waals surface area contributed by atoms with Crippen molar-refractivity contribution >= 4 is 28.7 Å². The van der Waals surface area contributed by atoms with Crippen LogP contribution in [0.5, 0.6) is 0 Å². The molecule has 88 valence electrons. The first-order chi connectivity index (χ1) is 8.19. The Balaban J connectivity index is 2.08. The zero-order valence-corrected chi connectivity index (χ0v) is 10.6. The third-order valence-corrected chi connectivity index (χ3v) is 3.41. The maximum atomic E-state index is 11.9. The lowest BCUT2D eigenvalue weighted by Crippen LogP contribution is -2.05. The molecule has 0 aliphatic rings. The minimum Gasteiger partial charge on any atom is -0.325 e. The number of halogens is 1. The number of benzene rings is 1. The zero-order chi connectivity index (χ0) is 12.3. The van der Waals surface area contributed by atoms with Crippen LogP contribution in [0.15, 0.2) is 29.6 Å². The Morgan fingerprint density at radius 3 is 2.65 bits per heavy atom. The molecule has 0 unspecified atom stereocenters. The van der Waals surface area contributed by atoms with Gasteiger partial charge in [-0.2, -0.15) is 0 Å². The smallest absolute Gasteiger partial charge is 0.186 e. The number of hydrogen-bond acceptors (Lipinski definition) is 4. The van der Waals surface area contributed by atoms with Gasteiger partial charge in [-0.3, -0.25) is 4.79 Å². The van der Waals surface area contributed by atoms with Gasteiger partial charge >= 0.3 is 0 Å². The van der Waals surface area contributed by atoms with Crippen LogP contribution in [0.3, 0.4) is 0 Å². The molecule has 0 amide bonds. The molecule has 2 aromatic rings. The van der Waals surface area contributed by atoms with Crippen LogP contribution in [0.2, 0.25) is 5.02 Å². The standard InChI is InChI=1S/C12H11ClN2OS/c13-9-3-1-8(2-4-9)5-11(16)10-7-17-12(6-14)15-10/h1-4,7H,5-6,14H2. The molecule has 0 saturated heterocycles. The van der Waals surface area contributed by atoms with Gasteiger partial charge < -0.3 is 5.73 Å². The van der Waals surface area contributed by atoms with Gasteiger partial charge in [0.2, 0.25) is 0 Å². The van der Waals surface area contributed by atoms with Gasteiger partial charge in [0.05, 0.1) is 0 Å². The second-order valence-corrected chi connectivity index (χ2v) is 4.94. The molecule has 0 fully saturated rings. The molecule has 0 atom stereocenters. The summed E-state index contributed by atoms with van der Waals surface area (Å²) in [4.78, 5) is 16.1. The summed E-state index contributed by atoms with van der Waals surface area (Å²) in [6.07, 6.45) is 0.338. The Morgan fingerprint density at radius 1 is 1.35 bits per heavy atom. The fraction of sp³-hybridized carbons (Fsp3) is 0.167. The maximum Gasteiger partial charge on any atom is 0.186 e. The van der Waals surface area contributed by atoms with Crippen LogP contribution in [0, 0.1) is 0 Å². The molecule has 0 aliphatic carbocycles. The molecule has 0 radical (unpaired) electrons. The normalized spacial score (nSPS) is 10.5. The Hall–Kier alpha value is -1.23. The number of ketones is 1. The van der Waals surface area contributed by atoms with Crippen molar-refractivity contribution in [1.82, 2.24) is 4.98 Å². The van der Waals surface area contributed by atoms with Gasteiger partial charge in [-0.15, -0.1) is 11.3 Å². The van der Waals surface area contributed by atoms with Crippen molar-refractivity contribution in [3.8, 4) is 0 Å². The van der Waals surface area contributed by atoms with E-state index in [2.05, 4.69) is 4.98 Å². The van der Waals surface area contributed by atoms with Gasteiger partial charge in [0.1, 0.15) is 10.7 Å². The lowest BCUT2D eigenvalue weighted by atomic mass is 10.1. The quantitative estimate of drug-likeness (QED) is 0.866. The monoisotopic (exact) mass is 266 g/mol. The van der Waals surface area contributed by atoms with E-state index < -0.39 is 0 Å². The van der Waals surface area contributed by atoms with E-state index in [0.29, 0.717) is 23.7 Å². The van der Waals surface area contributed by atoms with Crippen molar-refractivity contribution in [3.63, 3.8) is 0 Å². The lowest BCUT2D eigenvalue weighted by Gasteiger charge is -1.98. The molecule has 3 nitrogen and oxygen atoms in total. The summed E-state index contributed by atoms with van der Waals surface area (Å²) in [6.45, 7) is 0.374. The van der Waals surface area contributed by atoms with E-state index in [1.54, 1.807) is 17.5 Å². The van der Waals surface area contributed by atoms with Crippen molar-refractivity contribution in [2.24, 2.45) is 5.73 Å². The van der Waals surface area contributed by atoms with E-state index in [1.165, 1.54) is 11.3 Å². The SMILES string of the molecule is NCc1nc(C(=O)Cc2ccc(Cl)cc2)cs1. The number of thiazole rings is 1. The molecule has 0 aliphatic heterocycles. The average Bonchev–Trinajstić information content (AvgIpc) is 2.81. The highest BCUT2D eigenvalue weighted by molar-refractivity contribution is 7.09. The van der Waals surface area contributed by atoms with Gasteiger partial charge in [-0.1, -0.05) is 23.7 Å². The van der Waals surface area contributed by atoms with Crippen LogP contribution >= 0.6 is 22.9 Å². The number of rotatable bonds is 4. The van der Waals surface area contributed by atoms with Gasteiger partial charge in [0.25, 0.3) is 0 Å². The second-order valence-electron chi connectivity index (χ2n) is 3.56. The van der Waals surface area contributed by atoms with E-state index in [9.17, 15) is 4.79 Å². The first-order valence-corrected chi connectivity index (χ1v) is 6.37. The average molecular weight is 267 g/mol. The molecule has 17 heavy (non-hydrogen) atoms. The van der Waals surface area contributed by atoms with Crippen LogP contribution in [-0.2, 0) is 13.0 Å². The number of carbonyl (C=O) groups excluding carboxylic acids is 1. The van der Waals surface area contributed by atoms with E-state index in [4.69, 9.17) is 17.3 Å². The Morgan fingerprint density at radius 2 is 2.06 bits per heavy atom. The van der Waals surface area contributed by atoms with Crippen molar-refractivity contribution in [3.05, 3.63) is 50.9 Å². The molecule has 0 spiro atoms. The topological polar surface area (TPSA) is 56.0 Å². The number of Topliss-reactive ketones (excluding diaryl/α,β-unsaturated/α-hetero) is 1. The molecule has 2 rings (SSSR count). The van der Waals surface area contributed by atoms with Gasteiger partial charge in [0.15, 0.2) is 5.78 Å². The molecular formula is C12H11ClN2OS. The molecular weight excluding hydrogens is 256 g/mol. The van der Waals surface area contributed by atoms with Gasteiger partial charge in [-0.25, -0.2) is 4.98 Å². The Labute approximate surface area is 108 Å². The van der Waals surface area contributed by atoms with Crippen LogP contribution in [0.1, 0.15) is 21.1 Å². The molecule has 1 aromatic carbocycles. The predicted molar refractivity (Wildman–Crippen MR) is 69.5 cm³/mol. The summed E-state index contributed by atoms with van der Waals surface area (Å²) >= 11 is 7.19. The molecule has 5 heteroatoms. The Bertz CT molecular complexity index is 522. The van der Waals surface area contributed by atoms with Crippen molar-refractivity contribution in [2.75, 3.05) is 0 Å². The Kier molecular flexibility index (Phi) is 3.89. The van der Waals surface area contributed by atoms with Gasteiger partial charge in [0, 0.05) is 23.4 Å². The third-order valence-electron chi connectivity index (χ3n) is 2.29. The summed E-state index contributed by atoms with van der Waals surface area (Å²) in [7, 11) is 0. The molecule has 0 saturated carbocycles. The summed E-state index contributed by atoms with van der Waals surface area (Å²) in [5, 5.41) is 3.20. The number of hydrogen-bond donors (Lipinski definition) is 1. The predicted octanol–water partition coefficient (Wildman–Crippen LogP) is 2.68. The van der Waals surface area contributed by atoms with Crippen molar-refractivity contribution in [2.45, 2.75) is 13.0 Å².